The third-order valence-electron chi connectivity index (χ3n) is 6.70. The molecule has 1 saturated heterocycles. The van der Waals surface area contributed by atoms with Gasteiger partial charge in [-0.1, -0.05) is 12.1 Å². The van der Waals surface area contributed by atoms with Crippen LogP contribution in [0.3, 0.4) is 0 Å². The molecular formula is C23H28F2N4O3. The predicted octanol–water partition coefficient (Wildman–Crippen LogP) is 2.93. The number of benzene rings is 1. The van der Waals surface area contributed by atoms with Crippen LogP contribution < -0.4 is 5.32 Å². The Kier molecular flexibility index (Phi) is 6.28. The quantitative estimate of drug-likeness (QED) is 0.764. The fourth-order valence-corrected chi connectivity index (χ4v) is 4.67. The van der Waals surface area contributed by atoms with Crippen LogP contribution in [0.4, 0.5) is 8.78 Å². The maximum absolute atomic E-state index is 14.0. The van der Waals surface area contributed by atoms with E-state index in [1.54, 1.807) is 19.0 Å². The molecule has 0 bridgehead atoms. The average molecular weight is 446 g/mol. The summed E-state index contributed by atoms with van der Waals surface area (Å²) in [5.41, 5.74) is -0.00337. The highest BCUT2D eigenvalue weighted by atomic mass is 19.1. The van der Waals surface area contributed by atoms with E-state index in [1.807, 2.05) is 0 Å². The zero-order valence-corrected chi connectivity index (χ0v) is 18.5. The average Bonchev–Trinajstić information content (AvgIpc) is 3.23. The Morgan fingerprint density at radius 2 is 1.97 bits per heavy atom. The van der Waals surface area contributed by atoms with Gasteiger partial charge in [0.25, 0.3) is 5.91 Å². The number of aromatic nitrogens is 1. The number of amides is 2. The zero-order chi connectivity index (χ0) is 23.0. The van der Waals surface area contributed by atoms with Crippen LogP contribution in [0.5, 0.6) is 0 Å². The predicted molar refractivity (Wildman–Crippen MR) is 114 cm³/mol. The molecule has 0 spiro atoms. The number of piperidine rings is 1. The van der Waals surface area contributed by atoms with Crippen molar-refractivity contribution in [3.8, 4) is 11.3 Å². The van der Waals surface area contributed by atoms with Gasteiger partial charge in [-0.2, -0.15) is 0 Å². The minimum atomic E-state index is -0.803. The first-order chi connectivity index (χ1) is 15.2. The molecule has 0 radical (unpaired) electrons. The van der Waals surface area contributed by atoms with Crippen LogP contribution in [0, 0.1) is 23.5 Å². The fraction of sp³-hybridized carbons (Fsp3) is 0.522. The van der Waals surface area contributed by atoms with E-state index in [2.05, 4.69) is 22.3 Å². The van der Waals surface area contributed by atoms with Gasteiger partial charge in [-0.15, -0.1) is 0 Å². The third kappa shape index (κ3) is 4.39. The van der Waals surface area contributed by atoms with E-state index >= 15 is 0 Å². The van der Waals surface area contributed by atoms with Crippen molar-refractivity contribution in [2.75, 3.05) is 27.2 Å². The molecule has 2 aromatic rings. The molecule has 2 heterocycles. The van der Waals surface area contributed by atoms with Gasteiger partial charge in [-0.3, -0.25) is 14.5 Å². The summed E-state index contributed by atoms with van der Waals surface area (Å²) in [6.07, 6.45) is 3.00. The molecule has 9 heteroatoms. The molecule has 32 heavy (non-hydrogen) atoms. The van der Waals surface area contributed by atoms with E-state index in [0.29, 0.717) is 24.9 Å². The van der Waals surface area contributed by atoms with Crippen LogP contribution in [0.1, 0.15) is 36.7 Å². The summed E-state index contributed by atoms with van der Waals surface area (Å²) in [5, 5.41) is 6.68. The van der Waals surface area contributed by atoms with E-state index in [1.165, 1.54) is 18.6 Å². The third-order valence-corrected chi connectivity index (χ3v) is 6.70. The molecule has 1 aliphatic heterocycles. The van der Waals surface area contributed by atoms with Crippen molar-refractivity contribution in [1.82, 2.24) is 20.3 Å². The Bertz CT molecular complexity index is 1010. The topological polar surface area (TPSA) is 78.7 Å². The normalized spacial score (nSPS) is 25.8. The molecule has 2 amide bonds. The summed E-state index contributed by atoms with van der Waals surface area (Å²) < 4.78 is 32.3. The van der Waals surface area contributed by atoms with Crippen LogP contribution in [0.25, 0.3) is 11.3 Å². The van der Waals surface area contributed by atoms with Crippen LogP contribution >= 0.6 is 0 Å². The van der Waals surface area contributed by atoms with E-state index in [0.717, 1.165) is 25.1 Å². The van der Waals surface area contributed by atoms with Crippen molar-refractivity contribution < 1.29 is 22.9 Å². The highest BCUT2D eigenvalue weighted by Gasteiger charge is 2.41. The lowest BCUT2D eigenvalue weighted by molar-refractivity contribution is -0.136. The van der Waals surface area contributed by atoms with Gasteiger partial charge in [-0.25, -0.2) is 8.78 Å². The van der Waals surface area contributed by atoms with Crippen molar-refractivity contribution in [3.05, 3.63) is 41.6 Å². The SMILES string of the molecule is CC1CCC1N1CC[C@@H](NC(=O)c2cc(-c3ccc(F)cc3F)on2)[C@H](C(=O)N(C)C)C1. The molecule has 1 aromatic heterocycles. The monoisotopic (exact) mass is 446 g/mol. The zero-order valence-electron chi connectivity index (χ0n) is 18.5. The van der Waals surface area contributed by atoms with Gasteiger partial charge < -0.3 is 14.7 Å². The van der Waals surface area contributed by atoms with E-state index in [9.17, 15) is 18.4 Å². The smallest absolute Gasteiger partial charge is 0.273 e. The second kappa shape index (κ2) is 8.97. The van der Waals surface area contributed by atoms with Gasteiger partial charge in [0.1, 0.15) is 11.6 Å². The molecule has 2 aliphatic rings. The molecule has 7 nitrogen and oxygen atoms in total. The number of nitrogens with one attached hydrogen (secondary N) is 1. The molecule has 1 saturated carbocycles. The first kappa shape index (κ1) is 22.4. The second-order valence-corrected chi connectivity index (χ2v) is 9.03. The molecule has 2 unspecified atom stereocenters. The van der Waals surface area contributed by atoms with Gasteiger partial charge in [0, 0.05) is 51.4 Å². The minimum absolute atomic E-state index is 0.0153. The van der Waals surface area contributed by atoms with Crippen molar-refractivity contribution in [3.63, 3.8) is 0 Å². The van der Waals surface area contributed by atoms with E-state index in [4.69, 9.17) is 4.52 Å². The summed E-state index contributed by atoms with van der Waals surface area (Å²) in [7, 11) is 3.43. The maximum atomic E-state index is 14.0. The Hall–Kier alpha value is -2.81. The Balaban J connectivity index is 1.47. The number of halogens is 2. The number of rotatable bonds is 5. The van der Waals surface area contributed by atoms with Crippen LogP contribution in [0.2, 0.25) is 0 Å². The number of nitrogens with zero attached hydrogens (tertiary/aromatic N) is 3. The van der Waals surface area contributed by atoms with Gasteiger partial charge >= 0.3 is 0 Å². The van der Waals surface area contributed by atoms with Gasteiger partial charge in [0.05, 0.1) is 11.5 Å². The second-order valence-electron chi connectivity index (χ2n) is 9.03. The van der Waals surface area contributed by atoms with Crippen LogP contribution in [0.15, 0.2) is 28.8 Å². The van der Waals surface area contributed by atoms with Crippen molar-refractivity contribution in [2.45, 2.75) is 38.3 Å². The molecular weight excluding hydrogens is 418 g/mol. The van der Waals surface area contributed by atoms with E-state index < -0.39 is 17.5 Å². The molecule has 1 aromatic carbocycles. The summed E-state index contributed by atoms with van der Waals surface area (Å²) in [6, 6.07) is 4.55. The summed E-state index contributed by atoms with van der Waals surface area (Å²) in [6.45, 7) is 3.64. The van der Waals surface area contributed by atoms with Crippen LogP contribution in [-0.2, 0) is 4.79 Å². The standard InChI is InChI=1S/C23H28F2N4O3/c1-13-4-7-20(13)29-9-8-18(16(12-29)23(31)28(2)3)26-22(30)19-11-21(32-27-19)15-6-5-14(24)10-17(15)25/h5-6,10-11,13,16,18,20H,4,7-9,12H2,1-3H3,(H,26,30)/t13?,16-,18-,20?/m1/s1. The van der Waals surface area contributed by atoms with E-state index in [-0.39, 0.29) is 34.9 Å². The molecule has 1 N–H and O–H groups in total. The minimum Gasteiger partial charge on any atom is -0.355 e. The summed E-state index contributed by atoms with van der Waals surface area (Å²) in [5.74, 6) is -1.74. The van der Waals surface area contributed by atoms with Crippen molar-refractivity contribution in [1.29, 1.82) is 0 Å². The molecule has 2 fully saturated rings. The van der Waals surface area contributed by atoms with Gasteiger partial charge in [-0.05, 0) is 37.3 Å². The van der Waals surface area contributed by atoms with Gasteiger partial charge in [0.15, 0.2) is 11.5 Å². The highest BCUT2D eigenvalue weighted by Crippen LogP contribution is 2.34. The largest absolute Gasteiger partial charge is 0.355 e. The first-order valence-corrected chi connectivity index (χ1v) is 10.9. The molecule has 4 rings (SSSR count). The number of likely N-dealkylation sites (tertiary alicyclic amines) is 1. The number of hydrogen-bond acceptors (Lipinski definition) is 5. The Morgan fingerprint density at radius 3 is 2.59 bits per heavy atom. The molecule has 1 aliphatic carbocycles. The number of carbonyl (C=O) groups is 2. The summed E-state index contributed by atoms with van der Waals surface area (Å²) in [4.78, 5) is 29.6. The number of hydrogen-bond donors (Lipinski definition) is 1. The van der Waals surface area contributed by atoms with Crippen LogP contribution in [-0.4, -0.2) is 66.0 Å². The number of carbonyl (C=O) groups excluding carboxylic acids is 2. The molecule has 4 atom stereocenters. The lowest BCUT2D eigenvalue weighted by atomic mass is 9.78. The van der Waals surface area contributed by atoms with Gasteiger partial charge in [0.2, 0.25) is 5.91 Å². The fourth-order valence-electron chi connectivity index (χ4n) is 4.67. The Labute approximate surface area is 185 Å². The maximum Gasteiger partial charge on any atom is 0.273 e. The highest BCUT2D eigenvalue weighted by molar-refractivity contribution is 5.94. The lowest BCUT2D eigenvalue weighted by Crippen LogP contribution is -2.59. The lowest BCUT2D eigenvalue weighted by Gasteiger charge is -2.48. The van der Waals surface area contributed by atoms with Crippen molar-refractivity contribution in [2.24, 2.45) is 11.8 Å². The first-order valence-electron chi connectivity index (χ1n) is 10.9. The molecule has 172 valence electrons. The summed E-state index contributed by atoms with van der Waals surface area (Å²) >= 11 is 0. The van der Waals surface area contributed by atoms with Crippen molar-refractivity contribution >= 4 is 11.8 Å². The Morgan fingerprint density at radius 1 is 1.19 bits per heavy atom.